The van der Waals surface area contributed by atoms with E-state index in [0.29, 0.717) is 0 Å². The fourth-order valence-corrected chi connectivity index (χ4v) is 3.04. The van der Waals surface area contributed by atoms with Crippen LogP contribution in [-0.2, 0) is 10.0 Å². The van der Waals surface area contributed by atoms with Crippen molar-refractivity contribution in [3.63, 3.8) is 0 Å². The van der Waals surface area contributed by atoms with Crippen molar-refractivity contribution in [3.8, 4) is 0 Å². The summed E-state index contributed by atoms with van der Waals surface area (Å²) >= 11 is 0. The van der Waals surface area contributed by atoms with Gasteiger partial charge in [-0.3, -0.25) is 0 Å². The van der Waals surface area contributed by atoms with Crippen LogP contribution in [0.1, 0.15) is 30.5 Å². The molecule has 0 atom stereocenters. The minimum Gasteiger partial charge on any atom is -0.372 e. The molecule has 0 fully saturated rings. The van der Waals surface area contributed by atoms with Gasteiger partial charge in [-0.25, -0.2) is 13.6 Å². The molecule has 5 heteroatoms. The predicted molar refractivity (Wildman–Crippen MR) is 75.6 cm³/mol. The average Bonchev–Trinajstić information content (AvgIpc) is 2.28. The molecule has 1 aromatic carbocycles. The number of nitrogens with two attached hydrogens (primary N) is 1. The number of sulfonamides is 1. The van der Waals surface area contributed by atoms with Crippen LogP contribution in [0.3, 0.4) is 0 Å². The Morgan fingerprint density at radius 2 is 1.56 bits per heavy atom. The Labute approximate surface area is 110 Å². The van der Waals surface area contributed by atoms with Crippen LogP contribution in [-0.4, -0.2) is 21.5 Å². The normalized spacial score (nSPS) is 11.7. The summed E-state index contributed by atoms with van der Waals surface area (Å²) in [5.41, 5.74) is 3.80. The van der Waals surface area contributed by atoms with Crippen molar-refractivity contribution in [2.45, 2.75) is 39.5 Å². The van der Waals surface area contributed by atoms with E-state index in [-0.39, 0.29) is 4.90 Å². The van der Waals surface area contributed by atoms with E-state index < -0.39 is 10.0 Å². The minimum absolute atomic E-state index is 0.229. The van der Waals surface area contributed by atoms with Gasteiger partial charge in [0.2, 0.25) is 10.0 Å². The number of rotatable bonds is 4. The maximum absolute atomic E-state index is 11.6. The highest BCUT2D eigenvalue weighted by molar-refractivity contribution is 7.89. The van der Waals surface area contributed by atoms with Crippen LogP contribution < -0.4 is 10.0 Å². The van der Waals surface area contributed by atoms with Gasteiger partial charge in [-0.05, 0) is 57.4 Å². The van der Waals surface area contributed by atoms with Crippen molar-refractivity contribution in [2.24, 2.45) is 5.14 Å². The molecule has 0 heterocycles. The SMILES string of the molecule is CCN(CC)c1cc(S(N)(=O)=O)c(C)c(C)c1C. The van der Waals surface area contributed by atoms with Gasteiger partial charge in [0.05, 0.1) is 4.90 Å². The third-order valence-electron chi connectivity index (χ3n) is 3.56. The Kier molecular flexibility index (Phi) is 4.40. The molecule has 4 nitrogen and oxygen atoms in total. The summed E-state index contributed by atoms with van der Waals surface area (Å²) in [6.45, 7) is 11.5. The number of benzene rings is 1. The number of nitrogens with zero attached hydrogens (tertiary/aromatic N) is 1. The van der Waals surface area contributed by atoms with Gasteiger partial charge in [-0.2, -0.15) is 0 Å². The summed E-state index contributed by atoms with van der Waals surface area (Å²) in [6.07, 6.45) is 0. The van der Waals surface area contributed by atoms with Crippen LogP contribution in [0.2, 0.25) is 0 Å². The topological polar surface area (TPSA) is 63.4 Å². The minimum atomic E-state index is -3.67. The van der Waals surface area contributed by atoms with Crippen LogP contribution >= 0.6 is 0 Å². The molecule has 0 aliphatic carbocycles. The van der Waals surface area contributed by atoms with Crippen molar-refractivity contribution in [1.29, 1.82) is 0 Å². The molecule has 0 bridgehead atoms. The molecule has 0 saturated heterocycles. The first-order valence-electron chi connectivity index (χ1n) is 6.12. The first-order chi connectivity index (χ1) is 8.23. The van der Waals surface area contributed by atoms with E-state index in [9.17, 15) is 8.42 Å². The lowest BCUT2D eigenvalue weighted by Gasteiger charge is -2.26. The summed E-state index contributed by atoms with van der Waals surface area (Å²) in [4.78, 5) is 2.36. The zero-order valence-electron chi connectivity index (χ0n) is 11.7. The smallest absolute Gasteiger partial charge is 0.238 e. The van der Waals surface area contributed by atoms with Gasteiger partial charge in [0.15, 0.2) is 0 Å². The summed E-state index contributed by atoms with van der Waals surface area (Å²) in [5.74, 6) is 0. The molecule has 0 amide bonds. The average molecular weight is 270 g/mol. The highest BCUT2D eigenvalue weighted by atomic mass is 32.2. The highest BCUT2D eigenvalue weighted by Gasteiger charge is 2.19. The molecular formula is C13H22N2O2S. The molecule has 18 heavy (non-hydrogen) atoms. The first kappa shape index (κ1) is 15.0. The Morgan fingerprint density at radius 3 is 1.94 bits per heavy atom. The Hall–Kier alpha value is -1.07. The Balaban J connectivity index is 3.61. The molecule has 102 valence electrons. The summed E-state index contributed by atoms with van der Waals surface area (Å²) < 4.78 is 23.3. The van der Waals surface area contributed by atoms with Gasteiger partial charge in [0, 0.05) is 18.8 Å². The molecule has 0 aliphatic rings. The zero-order valence-corrected chi connectivity index (χ0v) is 12.6. The molecule has 1 rings (SSSR count). The van der Waals surface area contributed by atoms with Crippen molar-refractivity contribution in [2.75, 3.05) is 18.0 Å². The van der Waals surface area contributed by atoms with E-state index in [1.54, 1.807) is 13.0 Å². The number of primary sulfonamides is 1. The maximum atomic E-state index is 11.6. The van der Waals surface area contributed by atoms with Crippen LogP contribution in [0.15, 0.2) is 11.0 Å². The third kappa shape index (κ3) is 2.67. The van der Waals surface area contributed by atoms with E-state index in [0.717, 1.165) is 35.5 Å². The Bertz CT molecular complexity index is 547. The lowest BCUT2D eigenvalue weighted by molar-refractivity contribution is 0.597. The molecule has 1 aromatic rings. The number of hydrogen-bond donors (Lipinski definition) is 1. The van der Waals surface area contributed by atoms with E-state index in [1.165, 1.54) is 0 Å². The fraction of sp³-hybridized carbons (Fsp3) is 0.538. The maximum Gasteiger partial charge on any atom is 0.238 e. The second-order valence-corrected chi connectivity index (χ2v) is 6.02. The van der Waals surface area contributed by atoms with Gasteiger partial charge in [0.1, 0.15) is 0 Å². The molecule has 0 saturated carbocycles. The van der Waals surface area contributed by atoms with Gasteiger partial charge < -0.3 is 4.90 Å². The van der Waals surface area contributed by atoms with Gasteiger partial charge in [-0.1, -0.05) is 0 Å². The van der Waals surface area contributed by atoms with Crippen LogP contribution in [0.25, 0.3) is 0 Å². The van der Waals surface area contributed by atoms with Crippen molar-refractivity contribution < 1.29 is 8.42 Å². The van der Waals surface area contributed by atoms with Crippen LogP contribution in [0.4, 0.5) is 5.69 Å². The van der Waals surface area contributed by atoms with Gasteiger partial charge >= 0.3 is 0 Å². The van der Waals surface area contributed by atoms with E-state index >= 15 is 0 Å². The van der Waals surface area contributed by atoms with E-state index in [4.69, 9.17) is 5.14 Å². The zero-order chi connectivity index (χ0) is 14.1. The molecule has 0 spiro atoms. The molecule has 0 unspecified atom stereocenters. The molecular weight excluding hydrogens is 248 g/mol. The summed E-state index contributed by atoms with van der Waals surface area (Å²) in [7, 11) is -3.67. The number of anilines is 1. The van der Waals surface area contributed by atoms with E-state index in [1.807, 2.05) is 13.8 Å². The lowest BCUT2D eigenvalue weighted by Crippen LogP contribution is -2.24. The predicted octanol–water partition coefficient (Wildman–Crippen LogP) is 2.11. The van der Waals surface area contributed by atoms with E-state index in [2.05, 4.69) is 18.7 Å². The molecule has 0 aliphatic heterocycles. The monoisotopic (exact) mass is 270 g/mol. The second kappa shape index (κ2) is 5.28. The van der Waals surface area contributed by atoms with Gasteiger partial charge in [0.25, 0.3) is 0 Å². The lowest BCUT2D eigenvalue weighted by atomic mass is 10.0. The van der Waals surface area contributed by atoms with Crippen LogP contribution in [0.5, 0.6) is 0 Å². The largest absolute Gasteiger partial charge is 0.372 e. The van der Waals surface area contributed by atoms with Crippen LogP contribution in [0, 0.1) is 20.8 Å². The molecule has 0 aromatic heterocycles. The summed E-state index contributed by atoms with van der Waals surface area (Å²) in [6, 6.07) is 1.69. The molecule has 2 N–H and O–H groups in total. The quantitative estimate of drug-likeness (QED) is 0.911. The molecule has 0 radical (unpaired) electrons. The first-order valence-corrected chi connectivity index (χ1v) is 7.67. The van der Waals surface area contributed by atoms with Crippen molar-refractivity contribution >= 4 is 15.7 Å². The van der Waals surface area contributed by atoms with Crippen molar-refractivity contribution in [1.82, 2.24) is 0 Å². The highest BCUT2D eigenvalue weighted by Crippen LogP contribution is 2.30. The second-order valence-electron chi connectivity index (χ2n) is 4.49. The standard InChI is InChI=1S/C13H22N2O2S/c1-6-15(7-2)12-8-13(18(14,16)17)11(5)9(3)10(12)4/h8H,6-7H2,1-5H3,(H2,14,16,17). The fourth-order valence-electron chi connectivity index (χ4n) is 2.19. The number of hydrogen-bond acceptors (Lipinski definition) is 3. The Morgan fingerprint density at radius 1 is 1.06 bits per heavy atom. The third-order valence-corrected chi connectivity index (χ3v) is 4.59. The summed E-state index contributed by atoms with van der Waals surface area (Å²) in [5, 5.41) is 5.28. The van der Waals surface area contributed by atoms with Gasteiger partial charge in [-0.15, -0.1) is 0 Å². The van der Waals surface area contributed by atoms with Crippen molar-refractivity contribution in [3.05, 3.63) is 22.8 Å².